The quantitative estimate of drug-likeness (QED) is 0.813. The maximum Gasteiger partial charge on any atom is 0.213 e. The summed E-state index contributed by atoms with van der Waals surface area (Å²) in [6.45, 7) is 3.06. The minimum absolute atomic E-state index is 0.196. The van der Waals surface area contributed by atoms with Crippen LogP contribution in [0.1, 0.15) is 31.2 Å². The highest BCUT2D eigenvalue weighted by molar-refractivity contribution is 5.23. The lowest BCUT2D eigenvalue weighted by molar-refractivity contribution is 0.0925. The van der Waals surface area contributed by atoms with E-state index in [1.54, 1.807) is 6.20 Å². The van der Waals surface area contributed by atoms with Crippen molar-refractivity contribution < 1.29 is 9.13 Å². The van der Waals surface area contributed by atoms with Crippen LogP contribution in [0.5, 0.6) is 0 Å². The van der Waals surface area contributed by atoms with Gasteiger partial charge in [-0.2, -0.15) is 4.39 Å². The smallest absolute Gasteiger partial charge is 0.213 e. The van der Waals surface area contributed by atoms with Crippen molar-refractivity contribution in [2.75, 3.05) is 6.54 Å². The summed E-state index contributed by atoms with van der Waals surface area (Å²) in [5.74, 6) is -0.0828. The van der Waals surface area contributed by atoms with Crippen LogP contribution >= 0.6 is 0 Å². The zero-order valence-electron chi connectivity index (χ0n) is 9.90. The third-order valence-corrected chi connectivity index (χ3v) is 3.82. The second kappa shape index (κ2) is 4.35. The molecule has 3 heterocycles. The maximum absolute atomic E-state index is 13.1. The van der Waals surface area contributed by atoms with E-state index in [2.05, 4.69) is 17.2 Å². The zero-order chi connectivity index (χ0) is 11.8. The standard InChI is InChI=1S/C13H17FN2O/c1-2-15-11-7-9-6-10(13(11)17-9)8-3-4-16-12(14)5-8/h3-5,9-11,13,15H,2,6-7H2,1H3/t9?,10?,11-,13?/m1/s1. The van der Waals surface area contributed by atoms with Crippen LogP contribution in [0.25, 0.3) is 0 Å². The van der Waals surface area contributed by atoms with E-state index >= 15 is 0 Å². The van der Waals surface area contributed by atoms with Crippen LogP contribution in [0.2, 0.25) is 0 Å². The molecular formula is C13H17FN2O. The number of pyridine rings is 1. The van der Waals surface area contributed by atoms with Crippen molar-refractivity contribution in [3.63, 3.8) is 0 Å². The minimum Gasteiger partial charge on any atom is -0.373 e. The van der Waals surface area contributed by atoms with Gasteiger partial charge in [0.2, 0.25) is 5.95 Å². The fraction of sp³-hybridized carbons (Fsp3) is 0.615. The van der Waals surface area contributed by atoms with E-state index in [0.29, 0.717) is 18.1 Å². The molecule has 0 aliphatic carbocycles. The van der Waals surface area contributed by atoms with E-state index in [1.807, 2.05) is 6.07 Å². The molecule has 3 rings (SSSR count). The van der Waals surface area contributed by atoms with Gasteiger partial charge < -0.3 is 10.1 Å². The Morgan fingerprint density at radius 2 is 2.41 bits per heavy atom. The van der Waals surface area contributed by atoms with E-state index in [-0.39, 0.29) is 6.10 Å². The Labute approximate surface area is 100 Å². The predicted molar refractivity (Wildman–Crippen MR) is 62.3 cm³/mol. The summed E-state index contributed by atoms with van der Waals surface area (Å²) in [6.07, 6.45) is 4.17. The average molecular weight is 236 g/mol. The molecule has 0 amide bonds. The van der Waals surface area contributed by atoms with Crippen LogP contribution in [0, 0.1) is 5.95 Å². The average Bonchev–Trinajstić information content (AvgIpc) is 2.89. The molecule has 17 heavy (non-hydrogen) atoms. The SMILES string of the molecule is CCN[C@@H]1CC2CC(c3ccnc(F)c3)C1O2. The molecule has 2 aliphatic rings. The summed E-state index contributed by atoms with van der Waals surface area (Å²) >= 11 is 0. The molecule has 4 heteroatoms. The molecule has 1 N–H and O–H groups in total. The van der Waals surface area contributed by atoms with Crippen molar-refractivity contribution in [1.29, 1.82) is 0 Å². The van der Waals surface area contributed by atoms with Gasteiger partial charge in [-0.05, 0) is 37.1 Å². The lowest BCUT2D eigenvalue weighted by Crippen LogP contribution is -2.40. The number of ether oxygens (including phenoxy) is 1. The lowest BCUT2D eigenvalue weighted by Gasteiger charge is -2.27. The number of nitrogens with one attached hydrogen (secondary N) is 1. The van der Waals surface area contributed by atoms with Gasteiger partial charge in [-0.3, -0.25) is 0 Å². The molecule has 2 fully saturated rings. The fourth-order valence-electron chi connectivity index (χ4n) is 3.17. The van der Waals surface area contributed by atoms with Crippen LogP contribution in [0.3, 0.4) is 0 Å². The number of aromatic nitrogens is 1. The minimum atomic E-state index is -0.398. The first kappa shape index (κ1) is 11.1. The van der Waals surface area contributed by atoms with E-state index in [1.165, 1.54) is 6.07 Å². The highest BCUT2D eigenvalue weighted by Gasteiger charge is 2.47. The Hall–Kier alpha value is -1.00. The number of hydrogen-bond acceptors (Lipinski definition) is 3. The van der Waals surface area contributed by atoms with Gasteiger partial charge >= 0.3 is 0 Å². The van der Waals surface area contributed by atoms with Crippen LogP contribution < -0.4 is 5.32 Å². The van der Waals surface area contributed by atoms with Crippen molar-refractivity contribution in [3.8, 4) is 0 Å². The number of rotatable bonds is 3. The summed E-state index contributed by atoms with van der Waals surface area (Å²) < 4.78 is 19.1. The van der Waals surface area contributed by atoms with Gasteiger partial charge in [0.15, 0.2) is 0 Å². The van der Waals surface area contributed by atoms with Gasteiger partial charge in [0.25, 0.3) is 0 Å². The van der Waals surface area contributed by atoms with E-state index in [4.69, 9.17) is 4.74 Å². The summed E-state index contributed by atoms with van der Waals surface area (Å²) in [5, 5.41) is 3.46. The summed E-state index contributed by atoms with van der Waals surface area (Å²) in [7, 11) is 0. The third kappa shape index (κ3) is 1.96. The normalized spacial score (nSPS) is 35.4. The monoisotopic (exact) mass is 236 g/mol. The van der Waals surface area contributed by atoms with Crippen LogP contribution in [-0.2, 0) is 4.74 Å². The van der Waals surface area contributed by atoms with Gasteiger partial charge in [0.1, 0.15) is 0 Å². The first-order chi connectivity index (χ1) is 8.28. The van der Waals surface area contributed by atoms with Crippen LogP contribution in [0.4, 0.5) is 4.39 Å². The molecule has 2 bridgehead atoms. The Bertz CT molecular complexity index is 412. The number of halogens is 1. The number of likely N-dealkylation sites (N-methyl/N-ethyl adjacent to an activating group) is 1. The molecule has 0 spiro atoms. The maximum atomic E-state index is 13.1. The first-order valence-corrected chi connectivity index (χ1v) is 6.28. The molecule has 0 saturated carbocycles. The molecule has 3 nitrogen and oxygen atoms in total. The zero-order valence-corrected chi connectivity index (χ0v) is 9.90. The largest absolute Gasteiger partial charge is 0.373 e. The lowest BCUT2D eigenvalue weighted by atomic mass is 9.81. The molecule has 1 aromatic rings. The van der Waals surface area contributed by atoms with Crippen molar-refractivity contribution >= 4 is 0 Å². The van der Waals surface area contributed by atoms with Gasteiger partial charge in [-0.1, -0.05) is 6.92 Å². The summed E-state index contributed by atoms with van der Waals surface area (Å²) in [6, 6.07) is 3.86. The molecule has 2 saturated heterocycles. The molecule has 3 unspecified atom stereocenters. The molecule has 0 radical (unpaired) electrons. The van der Waals surface area contributed by atoms with E-state index in [9.17, 15) is 4.39 Å². The molecular weight excluding hydrogens is 219 g/mol. The topological polar surface area (TPSA) is 34.2 Å². The molecule has 92 valence electrons. The van der Waals surface area contributed by atoms with Crippen LogP contribution in [0.15, 0.2) is 18.3 Å². The number of hydrogen-bond donors (Lipinski definition) is 1. The Kier molecular flexibility index (Phi) is 2.84. The molecule has 1 aromatic heterocycles. The summed E-state index contributed by atoms with van der Waals surface area (Å²) in [4.78, 5) is 3.61. The second-order valence-corrected chi connectivity index (χ2v) is 4.88. The summed E-state index contributed by atoms with van der Waals surface area (Å²) in [5.41, 5.74) is 1.02. The van der Waals surface area contributed by atoms with Crippen molar-refractivity contribution in [2.24, 2.45) is 0 Å². The van der Waals surface area contributed by atoms with E-state index in [0.717, 1.165) is 24.9 Å². The van der Waals surface area contributed by atoms with Crippen molar-refractivity contribution in [1.82, 2.24) is 10.3 Å². The highest BCUT2D eigenvalue weighted by Crippen LogP contribution is 2.44. The Morgan fingerprint density at radius 3 is 3.12 bits per heavy atom. The Balaban J connectivity index is 1.81. The number of fused-ring (bicyclic) bond motifs is 2. The van der Waals surface area contributed by atoms with Crippen molar-refractivity contribution in [3.05, 3.63) is 29.8 Å². The van der Waals surface area contributed by atoms with Crippen LogP contribution in [-0.4, -0.2) is 29.8 Å². The second-order valence-electron chi connectivity index (χ2n) is 4.88. The van der Waals surface area contributed by atoms with Gasteiger partial charge in [0.05, 0.1) is 12.2 Å². The molecule has 0 aromatic carbocycles. The van der Waals surface area contributed by atoms with Gasteiger partial charge in [-0.15, -0.1) is 0 Å². The third-order valence-electron chi connectivity index (χ3n) is 3.82. The molecule has 4 atom stereocenters. The van der Waals surface area contributed by atoms with Gasteiger partial charge in [-0.25, -0.2) is 4.98 Å². The Morgan fingerprint density at radius 1 is 1.53 bits per heavy atom. The highest BCUT2D eigenvalue weighted by atomic mass is 19.1. The van der Waals surface area contributed by atoms with Gasteiger partial charge in [0, 0.05) is 18.2 Å². The van der Waals surface area contributed by atoms with E-state index < -0.39 is 5.95 Å². The van der Waals surface area contributed by atoms with Crippen molar-refractivity contribution in [2.45, 2.75) is 43.9 Å². The fourth-order valence-corrected chi connectivity index (χ4v) is 3.17. The number of nitrogens with zero attached hydrogens (tertiary/aromatic N) is 1. The first-order valence-electron chi connectivity index (χ1n) is 6.28. The molecule has 2 aliphatic heterocycles. The predicted octanol–water partition coefficient (Wildman–Crippen LogP) is 1.84.